The second kappa shape index (κ2) is 4.60. The molecule has 0 amide bonds. The highest BCUT2D eigenvalue weighted by molar-refractivity contribution is 5.85. The average molecular weight is 266 g/mol. The van der Waals surface area contributed by atoms with Crippen molar-refractivity contribution in [3.63, 3.8) is 0 Å². The number of nitrogens with two attached hydrogens (primary N) is 1. The first-order valence-electron chi connectivity index (χ1n) is 6.48. The number of pyridine rings is 1. The molecule has 2 N–H and O–H groups in total. The van der Waals surface area contributed by atoms with E-state index in [1.54, 1.807) is 13.0 Å². The fourth-order valence-corrected chi connectivity index (χ4v) is 2.31. The molecule has 0 saturated carbocycles. The lowest BCUT2D eigenvalue weighted by Crippen LogP contribution is -1.94. The van der Waals surface area contributed by atoms with E-state index in [2.05, 4.69) is 4.98 Å². The highest BCUT2D eigenvalue weighted by Gasteiger charge is 2.09. The van der Waals surface area contributed by atoms with E-state index in [0.717, 1.165) is 27.7 Å². The first-order chi connectivity index (χ1) is 9.54. The van der Waals surface area contributed by atoms with E-state index in [9.17, 15) is 4.39 Å². The predicted molar refractivity (Wildman–Crippen MR) is 81.0 cm³/mol. The van der Waals surface area contributed by atoms with Crippen LogP contribution in [0.3, 0.4) is 0 Å². The monoisotopic (exact) mass is 266 g/mol. The van der Waals surface area contributed by atoms with Crippen LogP contribution in [0, 0.1) is 19.7 Å². The fourth-order valence-electron chi connectivity index (χ4n) is 2.31. The van der Waals surface area contributed by atoms with Gasteiger partial charge in [-0.15, -0.1) is 0 Å². The largest absolute Gasteiger partial charge is 0.398 e. The summed E-state index contributed by atoms with van der Waals surface area (Å²) >= 11 is 0. The van der Waals surface area contributed by atoms with Gasteiger partial charge in [-0.1, -0.05) is 12.1 Å². The third-order valence-electron chi connectivity index (χ3n) is 3.50. The van der Waals surface area contributed by atoms with Gasteiger partial charge in [0.1, 0.15) is 5.82 Å². The van der Waals surface area contributed by atoms with Crippen LogP contribution in [0.2, 0.25) is 0 Å². The first-order valence-corrected chi connectivity index (χ1v) is 6.48. The van der Waals surface area contributed by atoms with Crippen molar-refractivity contribution in [2.45, 2.75) is 13.8 Å². The minimum Gasteiger partial charge on any atom is -0.398 e. The Bertz CT molecular complexity index is 809. The van der Waals surface area contributed by atoms with Crippen LogP contribution in [0.5, 0.6) is 0 Å². The number of benzene rings is 2. The molecule has 0 bridgehead atoms. The predicted octanol–water partition coefficient (Wildman–Crippen LogP) is 4.24. The Kier molecular flexibility index (Phi) is 2.90. The highest BCUT2D eigenvalue weighted by atomic mass is 19.1. The summed E-state index contributed by atoms with van der Waals surface area (Å²) in [5, 5.41) is 0.992. The lowest BCUT2D eigenvalue weighted by atomic mass is 10.0. The zero-order valence-corrected chi connectivity index (χ0v) is 11.4. The second-order valence-electron chi connectivity index (χ2n) is 5.05. The van der Waals surface area contributed by atoms with Gasteiger partial charge in [0.05, 0.1) is 5.52 Å². The highest BCUT2D eigenvalue weighted by Crippen LogP contribution is 2.29. The Morgan fingerprint density at radius 2 is 1.80 bits per heavy atom. The number of anilines is 1. The lowest BCUT2D eigenvalue weighted by Gasteiger charge is -2.08. The molecule has 20 heavy (non-hydrogen) atoms. The van der Waals surface area contributed by atoms with Crippen LogP contribution in [0.15, 0.2) is 42.5 Å². The summed E-state index contributed by atoms with van der Waals surface area (Å²) in [6, 6.07) is 12.8. The van der Waals surface area contributed by atoms with Crippen LogP contribution in [-0.2, 0) is 0 Å². The van der Waals surface area contributed by atoms with Gasteiger partial charge in [0.15, 0.2) is 0 Å². The van der Waals surface area contributed by atoms with Crippen molar-refractivity contribution in [1.29, 1.82) is 0 Å². The molecule has 0 aliphatic carbocycles. The van der Waals surface area contributed by atoms with Crippen molar-refractivity contribution < 1.29 is 4.39 Å². The summed E-state index contributed by atoms with van der Waals surface area (Å²) in [6.45, 7) is 3.75. The SMILES string of the molecule is Cc1ccc2cc(-c3cc(N)c(C)cc3F)ccc2n1. The van der Waals surface area contributed by atoms with Crippen LogP contribution in [0.25, 0.3) is 22.0 Å². The van der Waals surface area contributed by atoms with Crippen LogP contribution in [0.4, 0.5) is 10.1 Å². The zero-order valence-electron chi connectivity index (χ0n) is 11.4. The van der Waals surface area contributed by atoms with Crippen molar-refractivity contribution >= 4 is 16.6 Å². The topological polar surface area (TPSA) is 38.9 Å². The number of fused-ring (bicyclic) bond motifs is 1. The van der Waals surface area contributed by atoms with E-state index in [4.69, 9.17) is 5.73 Å². The molecular weight excluding hydrogens is 251 g/mol. The summed E-state index contributed by atoms with van der Waals surface area (Å²) < 4.78 is 14.1. The van der Waals surface area contributed by atoms with E-state index >= 15 is 0 Å². The van der Waals surface area contributed by atoms with Gasteiger partial charge in [0.25, 0.3) is 0 Å². The number of aromatic nitrogens is 1. The summed E-state index contributed by atoms with van der Waals surface area (Å²) in [4.78, 5) is 4.45. The van der Waals surface area contributed by atoms with Gasteiger partial charge in [0, 0.05) is 22.3 Å². The van der Waals surface area contributed by atoms with Crippen molar-refractivity contribution in [2.24, 2.45) is 0 Å². The van der Waals surface area contributed by atoms with Gasteiger partial charge in [-0.05, 0) is 55.3 Å². The van der Waals surface area contributed by atoms with Crippen LogP contribution in [0.1, 0.15) is 11.3 Å². The maximum absolute atomic E-state index is 14.1. The molecule has 0 saturated heterocycles. The number of halogens is 1. The smallest absolute Gasteiger partial charge is 0.131 e. The molecule has 0 aliphatic rings. The second-order valence-corrected chi connectivity index (χ2v) is 5.05. The van der Waals surface area contributed by atoms with Crippen molar-refractivity contribution in [3.05, 3.63) is 59.5 Å². The van der Waals surface area contributed by atoms with Crippen molar-refractivity contribution in [1.82, 2.24) is 4.98 Å². The minimum absolute atomic E-state index is 0.254. The fraction of sp³-hybridized carbons (Fsp3) is 0.118. The molecular formula is C17H15FN2. The maximum Gasteiger partial charge on any atom is 0.131 e. The molecule has 3 aromatic rings. The molecule has 0 aliphatic heterocycles. The van der Waals surface area contributed by atoms with Crippen LogP contribution < -0.4 is 5.73 Å². The number of hydrogen-bond acceptors (Lipinski definition) is 2. The number of rotatable bonds is 1. The van der Waals surface area contributed by atoms with Gasteiger partial charge < -0.3 is 5.73 Å². The molecule has 100 valence electrons. The van der Waals surface area contributed by atoms with E-state index < -0.39 is 0 Å². The molecule has 0 spiro atoms. The third kappa shape index (κ3) is 2.11. The summed E-state index contributed by atoms with van der Waals surface area (Å²) in [6.07, 6.45) is 0. The molecule has 0 unspecified atom stereocenters. The molecule has 2 aromatic carbocycles. The maximum atomic E-state index is 14.1. The van der Waals surface area contributed by atoms with Gasteiger partial charge in [-0.3, -0.25) is 4.98 Å². The Balaban J connectivity index is 2.20. The van der Waals surface area contributed by atoms with Crippen LogP contribution in [-0.4, -0.2) is 4.98 Å². The summed E-state index contributed by atoms with van der Waals surface area (Å²) in [5.41, 5.74) is 10.5. The van der Waals surface area contributed by atoms with Crippen molar-refractivity contribution in [2.75, 3.05) is 5.73 Å². The van der Waals surface area contributed by atoms with E-state index in [1.807, 2.05) is 37.3 Å². The lowest BCUT2D eigenvalue weighted by molar-refractivity contribution is 0.630. The Morgan fingerprint density at radius 1 is 1.00 bits per heavy atom. The first kappa shape index (κ1) is 12.6. The van der Waals surface area contributed by atoms with Crippen molar-refractivity contribution in [3.8, 4) is 11.1 Å². The molecule has 3 heteroatoms. The van der Waals surface area contributed by atoms with Gasteiger partial charge in [0.2, 0.25) is 0 Å². The normalized spacial score (nSPS) is 10.9. The Labute approximate surface area is 117 Å². The molecule has 1 heterocycles. The molecule has 0 radical (unpaired) electrons. The van der Waals surface area contributed by atoms with E-state index in [0.29, 0.717) is 11.3 Å². The number of nitrogen functional groups attached to an aromatic ring is 1. The Hall–Kier alpha value is -2.42. The minimum atomic E-state index is -0.254. The Morgan fingerprint density at radius 3 is 2.60 bits per heavy atom. The zero-order chi connectivity index (χ0) is 14.3. The molecule has 1 aromatic heterocycles. The van der Waals surface area contributed by atoms with E-state index in [1.165, 1.54) is 6.07 Å². The van der Waals surface area contributed by atoms with Gasteiger partial charge >= 0.3 is 0 Å². The number of hydrogen-bond donors (Lipinski definition) is 1. The standard InChI is InChI=1S/C17H15FN2/c1-10-7-15(18)14(9-16(10)19)12-5-6-17-13(8-12)4-3-11(2)20-17/h3-9H,19H2,1-2H3. The summed E-state index contributed by atoms with van der Waals surface area (Å²) in [7, 11) is 0. The third-order valence-corrected chi connectivity index (χ3v) is 3.50. The van der Waals surface area contributed by atoms with Crippen LogP contribution >= 0.6 is 0 Å². The van der Waals surface area contributed by atoms with Gasteiger partial charge in [-0.2, -0.15) is 0 Å². The number of nitrogens with zero attached hydrogens (tertiary/aromatic N) is 1. The summed E-state index contributed by atoms with van der Waals surface area (Å²) in [5.74, 6) is -0.254. The quantitative estimate of drug-likeness (QED) is 0.669. The molecule has 2 nitrogen and oxygen atoms in total. The molecule has 0 fully saturated rings. The average Bonchev–Trinajstić information content (AvgIpc) is 2.42. The molecule has 3 rings (SSSR count). The van der Waals surface area contributed by atoms with E-state index in [-0.39, 0.29) is 5.82 Å². The molecule has 0 atom stereocenters. The number of aryl methyl sites for hydroxylation is 2. The van der Waals surface area contributed by atoms with Gasteiger partial charge in [-0.25, -0.2) is 4.39 Å².